The van der Waals surface area contributed by atoms with E-state index in [1.807, 2.05) is 17.0 Å². The summed E-state index contributed by atoms with van der Waals surface area (Å²) >= 11 is 7.70. The predicted molar refractivity (Wildman–Crippen MR) is 127 cm³/mol. The van der Waals surface area contributed by atoms with Crippen LogP contribution < -0.4 is 4.74 Å². The third-order valence-corrected chi connectivity index (χ3v) is 7.41. The Morgan fingerprint density at radius 1 is 1.18 bits per heavy atom. The summed E-state index contributed by atoms with van der Waals surface area (Å²) in [6.07, 6.45) is 4.48. The number of furan rings is 1. The van der Waals surface area contributed by atoms with Crippen LogP contribution in [0, 0.1) is 5.92 Å². The van der Waals surface area contributed by atoms with Crippen LogP contribution >= 0.6 is 22.9 Å². The molecule has 1 aliphatic carbocycles. The first-order chi connectivity index (χ1) is 16.1. The van der Waals surface area contributed by atoms with E-state index in [4.69, 9.17) is 20.8 Å². The van der Waals surface area contributed by atoms with Gasteiger partial charge in [-0.15, -0.1) is 11.3 Å². The zero-order chi connectivity index (χ0) is 22.8. The van der Waals surface area contributed by atoms with Crippen molar-refractivity contribution >= 4 is 34.8 Å². The second-order valence-corrected chi connectivity index (χ2v) is 9.96. The van der Waals surface area contributed by atoms with Crippen molar-refractivity contribution in [2.24, 2.45) is 5.92 Å². The zero-order valence-electron chi connectivity index (χ0n) is 18.1. The number of amides is 2. The Hall–Kier alpha value is -2.77. The van der Waals surface area contributed by atoms with Crippen LogP contribution in [0.5, 0.6) is 5.75 Å². The van der Waals surface area contributed by atoms with Gasteiger partial charge in [-0.25, -0.2) is 0 Å². The SMILES string of the molecule is O=C(c1ccco1)N(CC(=O)N1CCc2sccc2[C@H]1COc1ccc(Cl)cc1)CC1CC1. The smallest absolute Gasteiger partial charge is 0.290 e. The summed E-state index contributed by atoms with van der Waals surface area (Å²) in [5.41, 5.74) is 1.12. The van der Waals surface area contributed by atoms with Crippen molar-refractivity contribution in [1.82, 2.24) is 9.80 Å². The van der Waals surface area contributed by atoms with Gasteiger partial charge in [0.15, 0.2) is 5.76 Å². The average molecular weight is 485 g/mol. The molecule has 0 saturated heterocycles. The number of thiophene rings is 1. The molecule has 2 aliphatic rings. The van der Waals surface area contributed by atoms with E-state index in [1.165, 1.54) is 11.1 Å². The number of rotatable bonds is 8. The predicted octanol–water partition coefficient (Wildman–Crippen LogP) is 5.05. The van der Waals surface area contributed by atoms with Gasteiger partial charge in [0.05, 0.1) is 12.3 Å². The van der Waals surface area contributed by atoms with Crippen LogP contribution in [0.2, 0.25) is 5.02 Å². The summed E-state index contributed by atoms with van der Waals surface area (Å²) in [6, 6.07) is 12.4. The first kappa shape index (κ1) is 22.0. The van der Waals surface area contributed by atoms with Gasteiger partial charge in [0.2, 0.25) is 5.91 Å². The van der Waals surface area contributed by atoms with E-state index in [9.17, 15) is 9.59 Å². The van der Waals surface area contributed by atoms with Crippen LogP contribution in [0.15, 0.2) is 58.5 Å². The monoisotopic (exact) mass is 484 g/mol. The van der Waals surface area contributed by atoms with Crippen molar-refractivity contribution in [1.29, 1.82) is 0 Å². The van der Waals surface area contributed by atoms with Crippen molar-refractivity contribution < 1.29 is 18.7 Å². The minimum absolute atomic E-state index is 0.0347. The normalized spacial score (nSPS) is 17.5. The molecule has 1 fully saturated rings. The highest BCUT2D eigenvalue weighted by molar-refractivity contribution is 7.10. The average Bonchev–Trinajstić information content (AvgIpc) is 3.27. The van der Waals surface area contributed by atoms with E-state index >= 15 is 0 Å². The Morgan fingerprint density at radius 2 is 2.00 bits per heavy atom. The molecule has 8 heteroatoms. The van der Waals surface area contributed by atoms with Crippen LogP contribution in [0.4, 0.5) is 0 Å². The third-order valence-electron chi connectivity index (χ3n) is 6.16. The van der Waals surface area contributed by atoms with Gasteiger partial charge in [-0.3, -0.25) is 9.59 Å². The molecule has 3 heterocycles. The van der Waals surface area contributed by atoms with E-state index in [2.05, 4.69) is 11.4 Å². The van der Waals surface area contributed by atoms with E-state index in [0.29, 0.717) is 36.4 Å². The molecule has 1 aromatic carbocycles. The van der Waals surface area contributed by atoms with Crippen LogP contribution in [-0.2, 0) is 11.2 Å². The van der Waals surface area contributed by atoms with Crippen LogP contribution in [0.1, 0.15) is 39.9 Å². The lowest BCUT2D eigenvalue weighted by atomic mass is 10.0. The summed E-state index contributed by atoms with van der Waals surface area (Å²) in [5.74, 6) is 1.13. The van der Waals surface area contributed by atoms with Crippen molar-refractivity contribution in [3.63, 3.8) is 0 Å². The summed E-state index contributed by atoms with van der Waals surface area (Å²) in [5, 5.41) is 2.71. The molecular formula is C25H25ClN2O4S. The largest absolute Gasteiger partial charge is 0.491 e. The molecule has 0 unspecified atom stereocenters. The fourth-order valence-corrected chi connectivity index (χ4v) is 5.28. The minimum atomic E-state index is -0.234. The molecular weight excluding hydrogens is 460 g/mol. The molecule has 5 rings (SSSR count). The maximum Gasteiger partial charge on any atom is 0.290 e. The molecule has 2 aromatic heterocycles. The van der Waals surface area contributed by atoms with Crippen molar-refractivity contribution in [2.45, 2.75) is 25.3 Å². The summed E-state index contributed by atoms with van der Waals surface area (Å²) in [4.78, 5) is 31.3. The highest BCUT2D eigenvalue weighted by Gasteiger charge is 2.35. The number of hydrogen-bond donors (Lipinski definition) is 0. The highest BCUT2D eigenvalue weighted by atomic mass is 35.5. The summed E-state index contributed by atoms with van der Waals surface area (Å²) in [7, 11) is 0. The van der Waals surface area contributed by atoms with Gasteiger partial charge in [-0.1, -0.05) is 11.6 Å². The van der Waals surface area contributed by atoms with Gasteiger partial charge in [0, 0.05) is 23.0 Å². The molecule has 33 heavy (non-hydrogen) atoms. The number of nitrogens with zero attached hydrogens (tertiary/aromatic N) is 2. The molecule has 1 atom stereocenters. The molecule has 3 aromatic rings. The lowest BCUT2D eigenvalue weighted by molar-refractivity contribution is -0.135. The molecule has 1 saturated carbocycles. The Bertz CT molecular complexity index is 1110. The lowest BCUT2D eigenvalue weighted by Gasteiger charge is -2.37. The van der Waals surface area contributed by atoms with E-state index in [0.717, 1.165) is 24.8 Å². The number of hydrogen-bond acceptors (Lipinski definition) is 5. The van der Waals surface area contributed by atoms with E-state index in [-0.39, 0.29) is 30.2 Å². The highest BCUT2D eigenvalue weighted by Crippen LogP contribution is 2.35. The Labute approximate surface area is 201 Å². The van der Waals surface area contributed by atoms with Gasteiger partial charge in [-0.2, -0.15) is 0 Å². The molecule has 0 spiro atoms. The fraction of sp³-hybridized carbons (Fsp3) is 0.360. The van der Waals surface area contributed by atoms with Crippen molar-refractivity contribution in [3.8, 4) is 5.75 Å². The topological polar surface area (TPSA) is 63.0 Å². The van der Waals surface area contributed by atoms with Crippen molar-refractivity contribution in [3.05, 3.63) is 75.3 Å². The maximum atomic E-state index is 13.5. The second-order valence-electron chi connectivity index (χ2n) is 8.52. The number of fused-ring (bicyclic) bond motifs is 1. The Kier molecular flexibility index (Phi) is 6.42. The molecule has 0 N–H and O–H groups in total. The Balaban J connectivity index is 1.33. The molecule has 2 amide bonds. The van der Waals surface area contributed by atoms with Crippen LogP contribution in [0.25, 0.3) is 0 Å². The van der Waals surface area contributed by atoms with E-state index < -0.39 is 0 Å². The second kappa shape index (κ2) is 9.61. The maximum absolute atomic E-state index is 13.5. The zero-order valence-corrected chi connectivity index (χ0v) is 19.7. The third kappa shape index (κ3) is 5.09. The standard InChI is InChI=1S/C25H25ClN2O4S/c26-18-5-7-19(8-6-18)32-16-21-20-10-13-33-23(20)9-11-28(21)24(29)15-27(14-17-3-4-17)25(30)22-2-1-12-31-22/h1-2,5-8,10,12-13,17,21H,3-4,9,11,14-16H2/t21-/m1/s1. The number of benzene rings is 1. The van der Waals surface area contributed by atoms with Gasteiger partial charge in [0.25, 0.3) is 5.91 Å². The summed E-state index contributed by atoms with van der Waals surface area (Å²) in [6.45, 7) is 1.56. The number of halogens is 1. The van der Waals surface area contributed by atoms with Crippen LogP contribution in [-0.4, -0.2) is 47.9 Å². The number of carbonyl (C=O) groups excluding carboxylic acids is 2. The number of carbonyl (C=O) groups is 2. The van der Waals surface area contributed by atoms with Crippen LogP contribution in [0.3, 0.4) is 0 Å². The lowest BCUT2D eigenvalue weighted by Crippen LogP contribution is -2.48. The molecule has 0 radical (unpaired) electrons. The van der Waals surface area contributed by atoms with Gasteiger partial charge in [-0.05, 0) is 78.6 Å². The molecule has 6 nitrogen and oxygen atoms in total. The first-order valence-electron chi connectivity index (χ1n) is 11.2. The molecule has 1 aliphatic heterocycles. The minimum Gasteiger partial charge on any atom is -0.491 e. The quantitative estimate of drug-likeness (QED) is 0.448. The molecule has 172 valence electrons. The molecule has 0 bridgehead atoms. The van der Waals surface area contributed by atoms with Gasteiger partial charge >= 0.3 is 0 Å². The van der Waals surface area contributed by atoms with Crippen molar-refractivity contribution in [2.75, 3.05) is 26.2 Å². The van der Waals surface area contributed by atoms with Gasteiger partial charge in [0.1, 0.15) is 18.9 Å². The fourth-order valence-electron chi connectivity index (χ4n) is 4.22. The Morgan fingerprint density at radius 3 is 2.73 bits per heavy atom. The first-order valence-corrected chi connectivity index (χ1v) is 12.4. The van der Waals surface area contributed by atoms with E-state index in [1.54, 1.807) is 40.5 Å². The number of ether oxygens (including phenoxy) is 1. The summed E-state index contributed by atoms with van der Waals surface area (Å²) < 4.78 is 11.4. The van der Waals surface area contributed by atoms with Gasteiger partial charge < -0.3 is 19.0 Å².